The Bertz CT molecular complexity index is 1310. The van der Waals surface area contributed by atoms with Crippen LogP contribution in [-0.2, 0) is 19.3 Å². The quantitative estimate of drug-likeness (QED) is 0.192. The number of halogens is 9. The molecule has 0 spiro atoms. The third-order valence-electron chi connectivity index (χ3n) is 5.93. The van der Waals surface area contributed by atoms with Gasteiger partial charge in [0, 0.05) is 16.7 Å². The standard InChI is InChI=1S/C25H19F9/c1-5-10-8-13(26)16(15-12(7-3)20(29)24(33)25(34)22(15)31)21(30)14(10)17-19(28)11(6-2)9(4)18(27)23(17)32/h8H,5-7H2,1-4H3. The molecule has 0 aliphatic heterocycles. The van der Waals surface area contributed by atoms with Gasteiger partial charge in [-0.1, -0.05) is 20.8 Å². The van der Waals surface area contributed by atoms with E-state index in [-0.39, 0.29) is 29.5 Å². The van der Waals surface area contributed by atoms with E-state index in [0.717, 1.165) is 6.92 Å². The van der Waals surface area contributed by atoms with E-state index in [4.69, 9.17) is 0 Å². The van der Waals surface area contributed by atoms with Crippen molar-refractivity contribution in [2.45, 2.75) is 47.0 Å². The maximum atomic E-state index is 15.8. The minimum Gasteiger partial charge on any atom is -0.206 e. The number of hydrogen-bond donors (Lipinski definition) is 0. The lowest BCUT2D eigenvalue weighted by Gasteiger charge is -2.20. The lowest BCUT2D eigenvalue weighted by atomic mass is 9.87. The molecule has 3 aromatic rings. The number of hydrogen-bond acceptors (Lipinski definition) is 0. The summed E-state index contributed by atoms with van der Waals surface area (Å²) in [7, 11) is 0. The predicted molar refractivity (Wildman–Crippen MR) is 110 cm³/mol. The first kappa shape index (κ1) is 25.6. The van der Waals surface area contributed by atoms with Gasteiger partial charge in [-0.05, 0) is 48.9 Å². The number of rotatable bonds is 5. The van der Waals surface area contributed by atoms with Crippen LogP contribution in [0.4, 0.5) is 39.5 Å². The van der Waals surface area contributed by atoms with E-state index < -0.39 is 86.6 Å². The van der Waals surface area contributed by atoms with Gasteiger partial charge in [-0.15, -0.1) is 0 Å². The van der Waals surface area contributed by atoms with Crippen LogP contribution in [0.5, 0.6) is 0 Å². The van der Waals surface area contributed by atoms with Gasteiger partial charge in [0.15, 0.2) is 34.9 Å². The van der Waals surface area contributed by atoms with Crippen LogP contribution < -0.4 is 0 Å². The van der Waals surface area contributed by atoms with E-state index in [9.17, 15) is 26.3 Å². The lowest BCUT2D eigenvalue weighted by Crippen LogP contribution is -2.11. The van der Waals surface area contributed by atoms with Crippen molar-refractivity contribution < 1.29 is 39.5 Å². The molecule has 0 aromatic heterocycles. The normalized spacial score (nSPS) is 11.4. The third kappa shape index (κ3) is 3.65. The number of aryl methyl sites for hydroxylation is 1. The first-order chi connectivity index (χ1) is 15.9. The van der Waals surface area contributed by atoms with Crippen molar-refractivity contribution in [1.82, 2.24) is 0 Å². The Kier molecular flexibility index (Phi) is 7.05. The summed E-state index contributed by atoms with van der Waals surface area (Å²) in [6.07, 6.45) is -0.780. The van der Waals surface area contributed by atoms with Gasteiger partial charge in [-0.2, -0.15) is 0 Å². The van der Waals surface area contributed by atoms with Crippen molar-refractivity contribution in [3.05, 3.63) is 80.7 Å². The zero-order valence-corrected chi connectivity index (χ0v) is 18.6. The Hall–Kier alpha value is -2.97. The summed E-state index contributed by atoms with van der Waals surface area (Å²) in [6, 6.07) is 0.619. The second kappa shape index (κ2) is 9.35. The van der Waals surface area contributed by atoms with Crippen LogP contribution in [0.3, 0.4) is 0 Å². The molecule has 0 bridgehead atoms. The molecular weight excluding hydrogens is 471 g/mol. The summed E-state index contributed by atoms with van der Waals surface area (Å²) in [4.78, 5) is 0. The zero-order valence-electron chi connectivity index (χ0n) is 18.6. The lowest BCUT2D eigenvalue weighted by molar-refractivity contribution is 0.405. The van der Waals surface area contributed by atoms with Gasteiger partial charge in [-0.25, -0.2) is 39.5 Å². The van der Waals surface area contributed by atoms with Crippen molar-refractivity contribution in [3.63, 3.8) is 0 Å². The highest BCUT2D eigenvalue weighted by Gasteiger charge is 2.33. The molecule has 34 heavy (non-hydrogen) atoms. The molecule has 0 amide bonds. The van der Waals surface area contributed by atoms with E-state index in [2.05, 4.69) is 0 Å². The molecule has 0 saturated carbocycles. The maximum absolute atomic E-state index is 15.8. The van der Waals surface area contributed by atoms with Crippen LogP contribution in [-0.4, -0.2) is 0 Å². The topological polar surface area (TPSA) is 0 Å². The van der Waals surface area contributed by atoms with Crippen LogP contribution in [0.2, 0.25) is 0 Å². The fourth-order valence-electron chi connectivity index (χ4n) is 4.17. The Morgan fingerprint density at radius 2 is 1.00 bits per heavy atom. The Labute approximate surface area is 190 Å². The van der Waals surface area contributed by atoms with E-state index in [0.29, 0.717) is 6.07 Å². The highest BCUT2D eigenvalue weighted by Crippen LogP contribution is 2.43. The second-order valence-electron chi connectivity index (χ2n) is 7.67. The first-order valence-corrected chi connectivity index (χ1v) is 10.5. The van der Waals surface area contributed by atoms with Crippen molar-refractivity contribution in [2.24, 2.45) is 0 Å². The van der Waals surface area contributed by atoms with E-state index in [1.54, 1.807) is 0 Å². The van der Waals surface area contributed by atoms with Crippen LogP contribution in [0.15, 0.2) is 6.07 Å². The molecule has 0 aliphatic rings. The van der Waals surface area contributed by atoms with Crippen molar-refractivity contribution >= 4 is 0 Å². The summed E-state index contributed by atoms with van der Waals surface area (Å²) < 4.78 is 132. The predicted octanol–water partition coefficient (Wildman–Crippen LogP) is 8.27. The molecule has 0 fully saturated rings. The van der Waals surface area contributed by atoms with Crippen LogP contribution >= 0.6 is 0 Å². The first-order valence-electron chi connectivity index (χ1n) is 10.5. The summed E-state index contributed by atoms with van der Waals surface area (Å²) in [6.45, 7) is 5.18. The molecular formula is C25H19F9. The largest absolute Gasteiger partial charge is 0.206 e. The Morgan fingerprint density at radius 1 is 0.471 bits per heavy atom. The number of benzene rings is 3. The van der Waals surface area contributed by atoms with Crippen LogP contribution in [0.25, 0.3) is 22.3 Å². The zero-order chi connectivity index (χ0) is 25.6. The van der Waals surface area contributed by atoms with E-state index in [1.807, 2.05) is 0 Å². The fraction of sp³-hybridized carbons (Fsp3) is 0.280. The summed E-state index contributed by atoms with van der Waals surface area (Å²) >= 11 is 0. The van der Waals surface area contributed by atoms with Gasteiger partial charge in [0.2, 0.25) is 0 Å². The van der Waals surface area contributed by atoms with E-state index in [1.165, 1.54) is 20.8 Å². The van der Waals surface area contributed by atoms with Gasteiger partial charge >= 0.3 is 0 Å². The average Bonchev–Trinajstić information content (AvgIpc) is 2.81. The molecule has 9 heteroatoms. The Balaban J connectivity index is 2.58. The molecule has 0 atom stereocenters. The molecule has 182 valence electrons. The van der Waals surface area contributed by atoms with Crippen molar-refractivity contribution in [2.75, 3.05) is 0 Å². The van der Waals surface area contributed by atoms with Gasteiger partial charge in [-0.3, -0.25) is 0 Å². The monoisotopic (exact) mass is 490 g/mol. The van der Waals surface area contributed by atoms with Gasteiger partial charge in [0.25, 0.3) is 0 Å². The van der Waals surface area contributed by atoms with Gasteiger partial charge in [0.1, 0.15) is 17.5 Å². The van der Waals surface area contributed by atoms with Gasteiger partial charge < -0.3 is 0 Å². The third-order valence-corrected chi connectivity index (χ3v) is 5.93. The highest BCUT2D eigenvalue weighted by atomic mass is 19.2. The van der Waals surface area contributed by atoms with Crippen LogP contribution in [0, 0.1) is 59.3 Å². The fourth-order valence-corrected chi connectivity index (χ4v) is 4.17. The second-order valence-corrected chi connectivity index (χ2v) is 7.67. The molecule has 0 nitrogen and oxygen atoms in total. The van der Waals surface area contributed by atoms with Crippen LogP contribution in [0.1, 0.15) is 43.0 Å². The minimum absolute atomic E-state index is 0.0952. The molecule has 0 aliphatic carbocycles. The molecule has 0 saturated heterocycles. The highest BCUT2D eigenvalue weighted by molar-refractivity contribution is 5.80. The minimum atomic E-state index is -2.31. The SMILES string of the molecule is CCc1cc(F)c(-c2c(F)c(F)c(F)c(F)c2CC)c(F)c1-c1c(F)c(F)c(C)c(CC)c1F. The summed E-state index contributed by atoms with van der Waals surface area (Å²) in [5, 5.41) is 0. The molecule has 3 rings (SSSR count). The summed E-state index contributed by atoms with van der Waals surface area (Å²) in [5.74, 6) is -16.2. The molecule has 0 heterocycles. The maximum Gasteiger partial charge on any atom is 0.198 e. The molecule has 3 aromatic carbocycles. The van der Waals surface area contributed by atoms with Gasteiger partial charge in [0.05, 0.1) is 11.1 Å². The summed E-state index contributed by atoms with van der Waals surface area (Å²) in [5.41, 5.74) is -6.48. The van der Waals surface area contributed by atoms with Crippen molar-refractivity contribution in [3.8, 4) is 22.3 Å². The molecule has 0 N–H and O–H groups in total. The molecule has 0 unspecified atom stereocenters. The smallest absolute Gasteiger partial charge is 0.198 e. The Morgan fingerprint density at radius 3 is 1.53 bits per heavy atom. The molecule has 0 radical (unpaired) electrons. The van der Waals surface area contributed by atoms with Crippen molar-refractivity contribution in [1.29, 1.82) is 0 Å². The van der Waals surface area contributed by atoms with E-state index >= 15 is 13.2 Å². The average molecular weight is 490 g/mol.